The van der Waals surface area contributed by atoms with E-state index in [2.05, 4.69) is 10.3 Å². The van der Waals surface area contributed by atoms with Crippen LogP contribution in [0.4, 0.5) is 11.4 Å². The first-order valence-corrected chi connectivity index (χ1v) is 12.9. The molecule has 0 radical (unpaired) electrons. The number of hydrogen-bond acceptors (Lipinski definition) is 6. The third-order valence-electron chi connectivity index (χ3n) is 7.35. The van der Waals surface area contributed by atoms with E-state index in [1.54, 1.807) is 54.6 Å². The molecular weight excluding hydrogens is 494 g/mol. The lowest BCUT2D eigenvalue weighted by Gasteiger charge is -2.35. The van der Waals surface area contributed by atoms with E-state index in [9.17, 15) is 19.2 Å². The van der Waals surface area contributed by atoms with Gasteiger partial charge in [-0.1, -0.05) is 42.8 Å². The monoisotopic (exact) mass is 519 g/mol. The van der Waals surface area contributed by atoms with Crippen LogP contribution in [0.3, 0.4) is 0 Å². The number of esters is 1. The Labute approximate surface area is 224 Å². The highest BCUT2D eigenvalue weighted by atomic mass is 16.6. The summed E-state index contributed by atoms with van der Waals surface area (Å²) in [6.45, 7) is 0. The first kappa shape index (κ1) is 24.5. The number of benzene rings is 3. The molecule has 1 saturated carbocycles. The number of carbonyl (C=O) groups is 4. The molecular formula is C31H25N3O5. The van der Waals surface area contributed by atoms with Gasteiger partial charge in [-0.15, -0.1) is 0 Å². The van der Waals surface area contributed by atoms with Crippen molar-refractivity contribution in [3.63, 3.8) is 0 Å². The van der Waals surface area contributed by atoms with E-state index in [-0.39, 0.29) is 17.5 Å². The minimum atomic E-state index is -1.32. The van der Waals surface area contributed by atoms with Gasteiger partial charge in [0.15, 0.2) is 5.60 Å². The Bertz CT molecular complexity index is 1590. The molecule has 1 aliphatic heterocycles. The molecule has 0 spiro atoms. The van der Waals surface area contributed by atoms with Crippen LogP contribution in [0.5, 0.6) is 0 Å². The number of aromatic nitrogens is 1. The van der Waals surface area contributed by atoms with E-state index in [1.165, 1.54) is 0 Å². The Morgan fingerprint density at radius 3 is 2.10 bits per heavy atom. The zero-order valence-electron chi connectivity index (χ0n) is 21.1. The van der Waals surface area contributed by atoms with Gasteiger partial charge >= 0.3 is 5.97 Å². The Balaban J connectivity index is 1.20. The molecule has 4 aromatic rings. The fourth-order valence-electron chi connectivity index (χ4n) is 5.27. The Morgan fingerprint density at radius 1 is 0.769 bits per heavy atom. The van der Waals surface area contributed by atoms with Crippen LogP contribution in [-0.2, 0) is 9.53 Å². The molecule has 3 aromatic carbocycles. The zero-order valence-corrected chi connectivity index (χ0v) is 21.1. The minimum Gasteiger partial charge on any atom is -0.444 e. The lowest BCUT2D eigenvalue weighted by atomic mass is 9.83. The highest BCUT2D eigenvalue weighted by Crippen LogP contribution is 2.35. The molecule has 0 saturated heterocycles. The van der Waals surface area contributed by atoms with Crippen LogP contribution in [0.2, 0.25) is 0 Å². The van der Waals surface area contributed by atoms with E-state index in [1.807, 2.05) is 30.3 Å². The van der Waals surface area contributed by atoms with E-state index in [0.29, 0.717) is 40.9 Å². The summed E-state index contributed by atoms with van der Waals surface area (Å²) in [5.41, 5.74) is 1.10. The summed E-state index contributed by atoms with van der Waals surface area (Å²) in [5, 5.41) is 3.78. The molecule has 8 nitrogen and oxygen atoms in total. The van der Waals surface area contributed by atoms with Crippen molar-refractivity contribution < 1.29 is 23.9 Å². The van der Waals surface area contributed by atoms with E-state index in [4.69, 9.17) is 4.74 Å². The quantitative estimate of drug-likeness (QED) is 0.274. The molecule has 194 valence electrons. The van der Waals surface area contributed by atoms with Crippen LogP contribution in [0.15, 0.2) is 84.9 Å². The first-order valence-electron chi connectivity index (χ1n) is 12.9. The number of nitrogens with zero attached hydrogens (tertiary/aromatic N) is 2. The van der Waals surface area contributed by atoms with Gasteiger partial charge in [-0.3, -0.25) is 14.4 Å². The van der Waals surface area contributed by atoms with E-state index >= 15 is 0 Å². The Hall–Kier alpha value is -4.85. The number of pyridine rings is 1. The van der Waals surface area contributed by atoms with Gasteiger partial charge in [-0.25, -0.2) is 14.7 Å². The van der Waals surface area contributed by atoms with E-state index in [0.717, 1.165) is 29.5 Å². The number of hydrogen-bond donors (Lipinski definition) is 1. The van der Waals surface area contributed by atoms with Gasteiger partial charge in [0, 0.05) is 11.1 Å². The molecule has 0 unspecified atom stereocenters. The van der Waals surface area contributed by atoms with E-state index < -0.39 is 17.5 Å². The number of fused-ring (bicyclic) bond motifs is 2. The average Bonchev–Trinajstić information content (AvgIpc) is 3.23. The number of carbonyl (C=O) groups excluding carboxylic acids is 4. The van der Waals surface area contributed by atoms with Crippen molar-refractivity contribution in [2.75, 3.05) is 10.2 Å². The van der Waals surface area contributed by atoms with Crippen LogP contribution in [0.25, 0.3) is 10.9 Å². The summed E-state index contributed by atoms with van der Waals surface area (Å²) in [6, 6.07) is 24.0. The number of nitrogens with one attached hydrogen (secondary N) is 1. The molecule has 8 heteroatoms. The molecule has 0 bridgehead atoms. The molecule has 1 N–H and O–H groups in total. The number of ether oxygens (including phenoxy) is 1. The van der Waals surface area contributed by atoms with Gasteiger partial charge in [0.1, 0.15) is 5.69 Å². The van der Waals surface area contributed by atoms with Gasteiger partial charge in [0.05, 0.1) is 22.3 Å². The molecule has 1 aliphatic carbocycles. The number of imide groups is 1. The molecule has 2 heterocycles. The van der Waals surface area contributed by atoms with Crippen molar-refractivity contribution >= 4 is 46.0 Å². The van der Waals surface area contributed by atoms with Crippen molar-refractivity contribution in [2.45, 2.75) is 37.7 Å². The molecule has 0 atom stereocenters. The van der Waals surface area contributed by atoms with Crippen LogP contribution in [-0.4, -0.2) is 34.3 Å². The molecule has 1 fully saturated rings. The standard InChI is InChI=1S/C31H25N3O5/c35-27-23-9-3-4-10-24(23)28(36)34(27)22-15-13-21(14-16-22)32-30(38)31(18-6-1-7-19-31)39-29(37)26-17-12-20-8-2-5-11-25(20)33-26/h2-5,8-17H,1,6-7,18-19H2,(H,32,38). The number of anilines is 2. The van der Waals surface area contributed by atoms with Crippen molar-refractivity contribution in [2.24, 2.45) is 0 Å². The third-order valence-corrected chi connectivity index (χ3v) is 7.35. The van der Waals surface area contributed by atoms with Crippen molar-refractivity contribution in [1.82, 2.24) is 4.98 Å². The second-order valence-corrected chi connectivity index (χ2v) is 9.83. The molecule has 3 amide bonds. The van der Waals surface area contributed by atoms with Gasteiger partial charge < -0.3 is 10.1 Å². The molecule has 39 heavy (non-hydrogen) atoms. The van der Waals surface area contributed by atoms with Crippen LogP contribution in [0, 0.1) is 0 Å². The summed E-state index contributed by atoms with van der Waals surface area (Å²) < 4.78 is 5.91. The van der Waals surface area contributed by atoms with Crippen molar-refractivity contribution in [1.29, 1.82) is 0 Å². The fraction of sp³-hybridized carbons (Fsp3) is 0.194. The number of para-hydroxylation sites is 1. The van der Waals surface area contributed by atoms with Gasteiger partial charge in [-0.2, -0.15) is 0 Å². The second kappa shape index (κ2) is 9.79. The summed E-state index contributed by atoms with van der Waals surface area (Å²) in [6.07, 6.45) is 3.28. The summed E-state index contributed by atoms with van der Waals surface area (Å²) in [5.74, 6) is -1.82. The lowest BCUT2D eigenvalue weighted by Crippen LogP contribution is -2.48. The summed E-state index contributed by atoms with van der Waals surface area (Å²) in [7, 11) is 0. The molecule has 1 aromatic heterocycles. The minimum absolute atomic E-state index is 0.150. The maximum absolute atomic E-state index is 13.5. The smallest absolute Gasteiger partial charge is 0.358 e. The van der Waals surface area contributed by atoms with Crippen LogP contribution in [0.1, 0.15) is 63.3 Å². The third kappa shape index (κ3) is 4.44. The van der Waals surface area contributed by atoms with Crippen LogP contribution >= 0.6 is 0 Å². The SMILES string of the molecule is O=C(OC1(C(=O)Nc2ccc(N3C(=O)c4ccccc4C3=O)cc2)CCCCC1)c1ccc2ccccc2n1. The highest BCUT2D eigenvalue weighted by Gasteiger charge is 2.44. The maximum atomic E-state index is 13.5. The normalized spacial score (nSPS) is 16.2. The first-order chi connectivity index (χ1) is 18.9. The predicted molar refractivity (Wildman–Crippen MR) is 146 cm³/mol. The lowest BCUT2D eigenvalue weighted by molar-refractivity contribution is -0.138. The second-order valence-electron chi connectivity index (χ2n) is 9.83. The van der Waals surface area contributed by atoms with Gasteiger partial charge in [-0.05, 0) is 74.2 Å². The zero-order chi connectivity index (χ0) is 27.0. The summed E-state index contributed by atoms with van der Waals surface area (Å²) >= 11 is 0. The highest BCUT2D eigenvalue weighted by molar-refractivity contribution is 6.34. The predicted octanol–water partition coefficient (Wildman–Crippen LogP) is 5.53. The average molecular weight is 520 g/mol. The largest absolute Gasteiger partial charge is 0.444 e. The topological polar surface area (TPSA) is 106 Å². The van der Waals surface area contributed by atoms with Gasteiger partial charge in [0.2, 0.25) is 0 Å². The Kier molecular flexibility index (Phi) is 6.15. The fourth-order valence-corrected chi connectivity index (χ4v) is 5.27. The van der Waals surface area contributed by atoms with Crippen molar-refractivity contribution in [3.05, 3.63) is 102 Å². The summed E-state index contributed by atoms with van der Waals surface area (Å²) in [4.78, 5) is 57.8. The Morgan fingerprint density at radius 2 is 1.41 bits per heavy atom. The van der Waals surface area contributed by atoms with Crippen LogP contribution < -0.4 is 10.2 Å². The maximum Gasteiger partial charge on any atom is 0.358 e. The number of rotatable bonds is 5. The van der Waals surface area contributed by atoms with Crippen molar-refractivity contribution in [3.8, 4) is 0 Å². The van der Waals surface area contributed by atoms with Gasteiger partial charge in [0.25, 0.3) is 17.7 Å². The molecule has 6 rings (SSSR count). The molecule has 2 aliphatic rings. The number of amides is 3.